The molecule has 6 heteroatoms. The molecule has 1 heterocycles. The summed E-state index contributed by atoms with van der Waals surface area (Å²) in [7, 11) is 0. The Bertz CT molecular complexity index is 374. The molecular weight excluding hydrogens is 281 g/mol. The molecule has 1 unspecified atom stereocenters. The molecule has 2 rings (SSSR count). The van der Waals surface area contributed by atoms with Crippen LogP contribution in [0.2, 0.25) is 0 Å². The number of Topliss-reactive ketones (excluding diaryl/α,β-unsaturated/α-hetero) is 1. The zero-order valence-electron chi connectivity index (χ0n) is 12.9. The van der Waals surface area contributed by atoms with E-state index in [1.54, 1.807) is 0 Å². The molecule has 1 aliphatic carbocycles. The Morgan fingerprint density at radius 1 is 1.14 bits per heavy atom. The van der Waals surface area contributed by atoms with Crippen molar-refractivity contribution in [2.75, 3.05) is 39.3 Å². The molecule has 2 aliphatic rings. The van der Waals surface area contributed by atoms with E-state index < -0.39 is 12.7 Å². The van der Waals surface area contributed by atoms with Crippen molar-refractivity contribution in [1.29, 1.82) is 0 Å². The normalized spacial score (nSPS) is 28.8. The van der Waals surface area contributed by atoms with Crippen molar-refractivity contribution < 1.29 is 18.0 Å². The van der Waals surface area contributed by atoms with Gasteiger partial charge in [-0.15, -0.1) is 0 Å². The Morgan fingerprint density at radius 2 is 1.71 bits per heavy atom. The summed E-state index contributed by atoms with van der Waals surface area (Å²) in [6.45, 7) is 6.38. The van der Waals surface area contributed by atoms with Gasteiger partial charge in [-0.1, -0.05) is 13.8 Å². The van der Waals surface area contributed by atoms with Gasteiger partial charge in [0.05, 0.1) is 6.54 Å². The van der Waals surface area contributed by atoms with Gasteiger partial charge in [-0.2, -0.15) is 13.2 Å². The third kappa shape index (κ3) is 5.25. The van der Waals surface area contributed by atoms with E-state index in [0.717, 1.165) is 12.8 Å². The van der Waals surface area contributed by atoms with E-state index >= 15 is 0 Å². The number of hydrogen-bond acceptors (Lipinski definition) is 3. The highest BCUT2D eigenvalue weighted by Crippen LogP contribution is 2.37. The molecular formula is C15H25F3N2O. The van der Waals surface area contributed by atoms with Gasteiger partial charge in [0.1, 0.15) is 5.78 Å². The topological polar surface area (TPSA) is 23.6 Å². The van der Waals surface area contributed by atoms with Crippen LogP contribution < -0.4 is 0 Å². The summed E-state index contributed by atoms with van der Waals surface area (Å²) >= 11 is 0. The highest BCUT2D eigenvalue weighted by Gasteiger charge is 2.36. The second-order valence-corrected chi connectivity index (χ2v) is 7.22. The molecule has 0 bridgehead atoms. The predicted octanol–water partition coefficient (Wildman–Crippen LogP) is 2.56. The van der Waals surface area contributed by atoms with Crippen LogP contribution >= 0.6 is 0 Å². The van der Waals surface area contributed by atoms with Gasteiger partial charge < -0.3 is 4.90 Å². The van der Waals surface area contributed by atoms with Crippen molar-refractivity contribution in [3.8, 4) is 0 Å². The molecule has 0 aromatic carbocycles. The highest BCUT2D eigenvalue weighted by atomic mass is 19.4. The zero-order valence-corrected chi connectivity index (χ0v) is 12.9. The number of halogens is 3. The second kappa shape index (κ2) is 6.24. The number of carbonyl (C=O) groups excluding carboxylic acids is 1. The lowest BCUT2D eigenvalue weighted by atomic mass is 9.71. The van der Waals surface area contributed by atoms with Crippen molar-refractivity contribution in [3.63, 3.8) is 0 Å². The largest absolute Gasteiger partial charge is 0.401 e. The molecule has 3 nitrogen and oxygen atoms in total. The van der Waals surface area contributed by atoms with Crippen molar-refractivity contribution in [1.82, 2.24) is 9.80 Å². The Balaban J connectivity index is 1.79. The molecule has 0 aromatic rings. The number of nitrogens with zero attached hydrogens (tertiary/aromatic N) is 2. The van der Waals surface area contributed by atoms with E-state index in [2.05, 4.69) is 18.7 Å². The molecule has 122 valence electrons. The van der Waals surface area contributed by atoms with Gasteiger partial charge in [-0.25, -0.2) is 0 Å². The van der Waals surface area contributed by atoms with Crippen LogP contribution in [0.15, 0.2) is 0 Å². The lowest BCUT2D eigenvalue weighted by Gasteiger charge is -2.40. The quantitative estimate of drug-likeness (QED) is 0.800. The van der Waals surface area contributed by atoms with E-state index in [9.17, 15) is 18.0 Å². The van der Waals surface area contributed by atoms with E-state index in [1.807, 2.05) is 0 Å². The standard InChI is InChI=1S/C15H25F3N2O/c1-14(2)4-3-13(21)12(9-14)10-19-5-7-20(8-6-19)11-15(16,17)18/h12H,3-11H2,1-2H3. The molecule has 21 heavy (non-hydrogen) atoms. The number of hydrogen-bond donors (Lipinski definition) is 0. The molecule has 0 radical (unpaired) electrons. The fourth-order valence-electron chi connectivity index (χ4n) is 3.41. The van der Waals surface area contributed by atoms with E-state index in [0.29, 0.717) is 44.9 Å². The van der Waals surface area contributed by atoms with Gasteiger partial charge in [0.25, 0.3) is 0 Å². The van der Waals surface area contributed by atoms with Gasteiger partial charge in [0, 0.05) is 45.1 Å². The summed E-state index contributed by atoms with van der Waals surface area (Å²) in [5.74, 6) is 0.384. The maximum atomic E-state index is 12.3. The van der Waals surface area contributed by atoms with Crippen LogP contribution in [0.3, 0.4) is 0 Å². The van der Waals surface area contributed by atoms with Crippen molar-refractivity contribution in [2.24, 2.45) is 11.3 Å². The molecule has 1 saturated carbocycles. The lowest BCUT2D eigenvalue weighted by molar-refractivity contribution is -0.149. The average Bonchev–Trinajstić information content (AvgIpc) is 2.34. The minimum Gasteiger partial charge on any atom is -0.300 e. The average molecular weight is 306 g/mol. The van der Waals surface area contributed by atoms with Gasteiger partial charge in [0.2, 0.25) is 0 Å². The Hall–Kier alpha value is -0.620. The maximum absolute atomic E-state index is 12.3. The first-order valence-corrected chi connectivity index (χ1v) is 7.69. The predicted molar refractivity (Wildman–Crippen MR) is 75.1 cm³/mol. The first-order chi connectivity index (χ1) is 9.65. The molecule has 0 aromatic heterocycles. The SMILES string of the molecule is CC1(C)CCC(=O)C(CN2CCN(CC(F)(F)F)CC2)C1. The number of rotatable bonds is 3. The number of piperazine rings is 1. The fraction of sp³-hybridized carbons (Fsp3) is 0.933. The summed E-state index contributed by atoms with van der Waals surface area (Å²) < 4.78 is 37.0. The van der Waals surface area contributed by atoms with Gasteiger partial charge in [0.15, 0.2) is 0 Å². The van der Waals surface area contributed by atoms with E-state index in [1.165, 1.54) is 4.90 Å². The minimum absolute atomic E-state index is 0.0583. The van der Waals surface area contributed by atoms with E-state index in [-0.39, 0.29) is 11.3 Å². The van der Waals surface area contributed by atoms with Crippen LogP contribution in [0.5, 0.6) is 0 Å². The van der Waals surface area contributed by atoms with Crippen LogP contribution in [0.4, 0.5) is 13.2 Å². The molecule has 0 N–H and O–H groups in total. The summed E-state index contributed by atoms with van der Waals surface area (Å²) in [5.41, 5.74) is 0.205. The van der Waals surface area contributed by atoms with Crippen molar-refractivity contribution >= 4 is 5.78 Å². The summed E-state index contributed by atoms with van der Waals surface area (Å²) in [4.78, 5) is 15.6. The second-order valence-electron chi connectivity index (χ2n) is 7.22. The monoisotopic (exact) mass is 306 g/mol. The van der Waals surface area contributed by atoms with Gasteiger partial charge >= 0.3 is 6.18 Å². The summed E-state index contributed by atoms with van der Waals surface area (Å²) in [6.07, 6.45) is -1.63. The van der Waals surface area contributed by atoms with Crippen LogP contribution in [0, 0.1) is 11.3 Å². The Kier molecular flexibility index (Phi) is 4.98. The fourth-order valence-corrected chi connectivity index (χ4v) is 3.41. The molecule has 1 atom stereocenters. The first kappa shape index (κ1) is 16.7. The Labute approximate surface area is 124 Å². The Morgan fingerprint density at radius 3 is 2.29 bits per heavy atom. The zero-order chi connectivity index (χ0) is 15.7. The van der Waals surface area contributed by atoms with Crippen LogP contribution in [0.1, 0.15) is 33.1 Å². The van der Waals surface area contributed by atoms with Gasteiger partial charge in [-0.3, -0.25) is 9.69 Å². The van der Waals surface area contributed by atoms with Crippen LogP contribution in [0.25, 0.3) is 0 Å². The molecule has 2 fully saturated rings. The van der Waals surface area contributed by atoms with Crippen molar-refractivity contribution in [3.05, 3.63) is 0 Å². The number of ketones is 1. The van der Waals surface area contributed by atoms with Crippen LogP contribution in [-0.4, -0.2) is 61.0 Å². The third-order valence-corrected chi connectivity index (χ3v) is 4.65. The van der Waals surface area contributed by atoms with Crippen molar-refractivity contribution in [2.45, 2.75) is 39.3 Å². The van der Waals surface area contributed by atoms with Gasteiger partial charge in [-0.05, 0) is 18.3 Å². The smallest absolute Gasteiger partial charge is 0.300 e. The number of carbonyl (C=O) groups is 1. The molecule has 0 amide bonds. The highest BCUT2D eigenvalue weighted by molar-refractivity contribution is 5.82. The van der Waals surface area contributed by atoms with E-state index in [4.69, 9.17) is 0 Å². The maximum Gasteiger partial charge on any atom is 0.401 e. The summed E-state index contributed by atoms with van der Waals surface area (Å²) in [6, 6.07) is 0. The number of alkyl halides is 3. The molecule has 1 saturated heterocycles. The minimum atomic E-state index is -4.12. The third-order valence-electron chi connectivity index (χ3n) is 4.65. The first-order valence-electron chi connectivity index (χ1n) is 7.69. The van der Waals surface area contributed by atoms with Crippen LogP contribution in [-0.2, 0) is 4.79 Å². The molecule has 1 aliphatic heterocycles. The lowest BCUT2D eigenvalue weighted by Crippen LogP contribution is -2.51. The molecule has 0 spiro atoms. The summed E-state index contributed by atoms with van der Waals surface area (Å²) in [5, 5.41) is 0.